The summed E-state index contributed by atoms with van der Waals surface area (Å²) in [5, 5.41) is 15.1. The number of nitrogens with one attached hydrogen (secondary N) is 1. The first-order valence-electron chi connectivity index (χ1n) is 6.73. The Morgan fingerprint density at radius 1 is 1.17 bits per heavy atom. The summed E-state index contributed by atoms with van der Waals surface area (Å²) in [5.41, 5.74) is 1.08. The lowest BCUT2D eigenvalue weighted by Gasteiger charge is -2.09. The van der Waals surface area contributed by atoms with E-state index in [1.807, 2.05) is 12.1 Å². The maximum Gasteiger partial charge on any atom is 0.338 e. The predicted octanol–water partition coefficient (Wildman–Crippen LogP) is 3.97. The molecule has 0 fully saturated rings. The highest BCUT2D eigenvalue weighted by Gasteiger charge is 2.11. The molecule has 6 nitrogen and oxygen atoms in total. The Morgan fingerprint density at radius 3 is 2.74 bits per heavy atom. The highest BCUT2D eigenvalue weighted by Crippen LogP contribution is 2.26. The smallest absolute Gasteiger partial charge is 0.338 e. The Kier molecular flexibility index (Phi) is 3.99. The zero-order chi connectivity index (χ0) is 16.4. The topological polar surface area (TPSA) is 85.4 Å². The zero-order valence-electron chi connectivity index (χ0n) is 11.8. The van der Waals surface area contributed by atoms with Crippen LogP contribution >= 0.6 is 11.6 Å². The molecular formula is C16H11ClN2O4. The number of non-ortho nitro benzene ring substituents is 1. The highest BCUT2D eigenvalue weighted by molar-refractivity contribution is 6.30. The average molecular weight is 331 g/mol. The summed E-state index contributed by atoms with van der Waals surface area (Å²) in [5.74, 6) is 0. The van der Waals surface area contributed by atoms with Crippen molar-refractivity contribution in [2.45, 2.75) is 6.54 Å². The van der Waals surface area contributed by atoms with Crippen molar-refractivity contribution in [3.8, 4) is 0 Å². The van der Waals surface area contributed by atoms with Crippen molar-refractivity contribution < 1.29 is 9.34 Å². The van der Waals surface area contributed by atoms with Crippen molar-refractivity contribution in [3.63, 3.8) is 0 Å². The summed E-state index contributed by atoms with van der Waals surface area (Å²) in [6.45, 7) is 0.418. The largest absolute Gasteiger partial charge is 0.423 e. The van der Waals surface area contributed by atoms with E-state index in [4.69, 9.17) is 16.0 Å². The molecule has 1 N–H and O–H groups in total. The van der Waals surface area contributed by atoms with Gasteiger partial charge in [-0.05, 0) is 23.8 Å². The van der Waals surface area contributed by atoms with Crippen molar-refractivity contribution in [1.29, 1.82) is 0 Å². The van der Waals surface area contributed by atoms with Crippen LogP contribution in [0.4, 0.5) is 11.4 Å². The van der Waals surface area contributed by atoms with Crippen LogP contribution in [0.2, 0.25) is 5.02 Å². The number of hydrogen-bond donors (Lipinski definition) is 1. The van der Waals surface area contributed by atoms with E-state index in [0.717, 1.165) is 5.56 Å². The lowest BCUT2D eigenvalue weighted by Crippen LogP contribution is -2.05. The molecule has 0 aliphatic rings. The van der Waals surface area contributed by atoms with Gasteiger partial charge in [-0.15, -0.1) is 0 Å². The Balaban J connectivity index is 1.99. The van der Waals surface area contributed by atoms with Crippen LogP contribution in [0.3, 0.4) is 0 Å². The van der Waals surface area contributed by atoms with Crippen LogP contribution in [0.25, 0.3) is 11.0 Å². The third kappa shape index (κ3) is 3.32. The number of benzene rings is 2. The van der Waals surface area contributed by atoms with Crippen molar-refractivity contribution in [2.75, 3.05) is 5.32 Å². The quantitative estimate of drug-likeness (QED) is 0.444. The molecule has 0 aliphatic carbocycles. The number of hydrogen-bond acceptors (Lipinski definition) is 5. The second-order valence-electron chi connectivity index (χ2n) is 4.90. The molecule has 0 spiro atoms. The molecule has 3 aromatic rings. The number of nitro groups is 1. The van der Waals surface area contributed by atoms with Crippen molar-refractivity contribution in [2.24, 2.45) is 0 Å². The molecule has 0 amide bonds. The first-order chi connectivity index (χ1) is 11.0. The van der Waals surface area contributed by atoms with Crippen LogP contribution in [0.1, 0.15) is 5.56 Å². The van der Waals surface area contributed by atoms with Crippen LogP contribution in [0.5, 0.6) is 0 Å². The van der Waals surface area contributed by atoms with Gasteiger partial charge < -0.3 is 9.73 Å². The molecule has 0 atom stereocenters. The first-order valence-corrected chi connectivity index (χ1v) is 7.11. The van der Waals surface area contributed by atoms with Gasteiger partial charge in [-0.3, -0.25) is 10.1 Å². The number of nitro benzene ring substituents is 1. The molecule has 0 unspecified atom stereocenters. The van der Waals surface area contributed by atoms with E-state index in [0.29, 0.717) is 22.6 Å². The Labute approximate surface area is 135 Å². The van der Waals surface area contributed by atoms with Gasteiger partial charge in [-0.1, -0.05) is 23.7 Å². The van der Waals surface area contributed by atoms with E-state index in [2.05, 4.69) is 5.32 Å². The van der Waals surface area contributed by atoms with Gasteiger partial charge in [0.1, 0.15) is 5.58 Å². The number of fused-ring (bicyclic) bond motifs is 1. The summed E-state index contributed by atoms with van der Waals surface area (Å²) in [6, 6.07) is 12.6. The molecule has 3 rings (SSSR count). The van der Waals surface area contributed by atoms with E-state index >= 15 is 0 Å². The van der Waals surface area contributed by atoms with Gasteiger partial charge in [0.25, 0.3) is 5.69 Å². The minimum atomic E-state index is -0.528. The maximum absolute atomic E-state index is 11.6. The molecule has 1 aromatic heterocycles. The number of rotatable bonds is 4. The lowest BCUT2D eigenvalue weighted by atomic mass is 10.1. The molecule has 0 saturated heterocycles. The van der Waals surface area contributed by atoms with Gasteiger partial charge in [0.15, 0.2) is 0 Å². The standard InChI is InChI=1S/C16H11ClN2O4/c17-11-3-1-2-10(6-11)9-18-14-8-16(20)23-15-5-4-12(19(21)22)7-13(14)15/h1-8,18H,9H2. The van der Waals surface area contributed by atoms with Gasteiger partial charge in [-0.25, -0.2) is 4.79 Å². The molecular weight excluding hydrogens is 320 g/mol. The van der Waals surface area contributed by atoms with E-state index < -0.39 is 10.5 Å². The molecule has 0 saturated carbocycles. The number of nitrogens with zero attached hydrogens (tertiary/aromatic N) is 1. The molecule has 0 aliphatic heterocycles. The summed E-state index contributed by atoms with van der Waals surface area (Å²) in [4.78, 5) is 22.0. The van der Waals surface area contributed by atoms with Crippen LogP contribution in [-0.4, -0.2) is 4.92 Å². The van der Waals surface area contributed by atoms with E-state index in [1.54, 1.807) is 12.1 Å². The molecule has 1 heterocycles. The zero-order valence-corrected chi connectivity index (χ0v) is 12.5. The monoisotopic (exact) mass is 330 g/mol. The number of halogens is 1. The third-order valence-corrected chi connectivity index (χ3v) is 3.54. The van der Waals surface area contributed by atoms with Crippen LogP contribution in [0, 0.1) is 10.1 Å². The van der Waals surface area contributed by atoms with Gasteiger partial charge in [-0.2, -0.15) is 0 Å². The summed E-state index contributed by atoms with van der Waals surface area (Å²) >= 11 is 5.93. The minimum Gasteiger partial charge on any atom is -0.423 e. The van der Waals surface area contributed by atoms with Crippen molar-refractivity contribution in [1.82, 2.24) is 0 Å². The van der Waals surface area contributed by atoms with Gasteiger partial charge >= 0.3 is 5.63 Å². The van der Waals surface area contributed by atoms with Gasteiger partial charge in [0, 0.05) is 35.2 Å². The number of anilines is 1. The Morgan fingerprint density at radius 2 is 2.00 bits per heavy atom. The van der Waals surface area contributed by atoms with Gasteiger partial charge in [0.2, 0.25) is 0 Å². The highest BCUT2D eigenvalue weighted by atomic mass is 35.5. The molecule has 0 bridgehead atoms. The summed E-state index contributed by atoms with van der Waals surface area (Å²) in [6.07, 6.45) is 0. The average Bonchev–Trinajstić information content (AvgIpc) is 2.52. The van der Waals surface area contributed by atoms with E-state index in [-0.39, 0.29) is 11.3 Å². The molecule has 7 heteroatoms. The SMILES string of the molecule is O=c1cc(NCc2cccc(Cl)c2)c2cc([N+](=O)[O-])ccc2o1. The second-order valence-corrected chi connectivity index (χ2v) is 5.34. The molecule has 0 radical (unpaired) electrons. The van der Waals surface area contributed by atoms with E-state index in [9.17, 15) is 14.9 Å². The lowest BCUT2D eigenvalue weighted by molar-refractivity contribution is -0.384. The summed E-state index contributed by atoms with van der Waals surface area (Å²) < 4.78 is 5.07. The van der Waals surface area contributed by atoms with Gasteiger partial charge in [0.05, 0.1) is 10.6 Å². The van der Waals surface area contributed by atoms with Crippen LogP contribution in [-0.2, 0) is 6.54 Å². The first kappa shape index (κ1) is 15.1. The van der Waals surface area contributed by atoms with E-state index in [1.165, 1.54) is 24.3 Å². The summed E-state index contributed by atoms with van der Waals surface area (Å²) in [7, 11) is 0. The fraction of sp³-hybridized carbons (Fsp3) is 0.0625. The van der Waals surface area contributed by atoms with Crippen LogP contribution in [0.15, 0.2) is 57.7 Å². The molecule has 23 heavy (non-hydrogen) atoms. The maximum atomic E-state index is 11.6. The fourth-order valence-corrected chi connectivity index (χ4v) is 2.47. The van der Waals surface area contributed by atoms with Crippen molar-refractivity contribution in [3.05, 3.63) is 79.7 Å². The van der Waals surface area contributed by atoms with Crippen molar-refractivity contribution >= 4 is 33.9 Å². The minimum absolute atomic E-state index is 0.0721. The predicted molar refractivity (Wildman–Crippen MR) is 87.9 cm³/mol. The Hall–Kier alpha value is -2.86. The fourth-order valence-electron chi connectivity index (χ4n) is 2.25. The Bertz CT molecular complexity index is 952. The second kappa shape index (κ2) is 6.10. The third-order valence-electron chi connectivity index (χ3n) is 3.31. The molecule has 2 aromatic carbocycles. The molecule has 116 valence electrons. The normalized spacial score (nSPS) is 10.7. The van der Waals surface area contributed by atoms with Crippen LogP contribution < -0.4 is 10.9 Å².